The number of carboxylic acids is 1. The van der Waals surface area contributed by atoms with Crippen LogP contribution in [0.3, 0.4) is 0 Å². The minimum atomic E-state index is -0.979. The van der Waals surface area contributed by atoms with Gasteiger partial charge in [-0.2, -0.15) is 0 Å². The summed E-state index contributed by atoms with van der Waals surface area (Å²) in [4.78, 5) is 38.3. The minimum Gasteiger partial charge on any atom is -0.480 e. The van der Waals surface area contributed by atoms with E-state index in [2.05, 4.69) is 29.6 Å². The number of fused-ring (bicyclic) bond motifs is 3. The van der Waals surface area contributed by atoms with Crippen molar-refractivity contribution in [3.05, 3.63) is 59.7 Å². The summed E-state index contributed by atoms with van der Waals surface area (Å²) in [6.45, 7) is 4.21. The van der Waals surface area contributed by atoms with E-state index in [1.165, 1.54) is 4.90 Å². The zero-order valence-corrected chi connectivity index (χ0v) is 19.0. The number of piperidine rings is 1. The molecule has 3 atom stereocenters. The van der Waals surface area contributed by atoms with Crippen molar-refractivity contribution in [2.24, 2.45) is 5.92 Å². The van der Waals surface area contributed by atoms with E-state index in [-0.39, 0.29) is 30.8 Å². The number of alkyl carbamates (subject to hydrolysis) is 1. The molecule has 2 amide bonds. The third-order valence-corrected chi connectivity index (χ3v) is 6.70. The molecule has 1 aliphatic heterocycles. The van der Waals surface area contributed by atoms with E-state index >= 15 is 0 Å². The van der Waals surface area contributed by atoms with Crippen LogP contribution in [0.2, 0.25) is 0 Å². The molecule has 1 aliphatic carbocycles. The number of ether oxygens (including phenoxy) is 1. The molecule has 33 heavy (non-hydrogen) atoms. The molecule has 2 aliphatic rings. The number of likely N-dealkylation sites (tertiary alicyclic amines) is 1. The molecule has 0 radical (unpaired) electrons. The minimum absolute atomic E-state index is 0.0285. The van der Waals surface area contributed by atoms with Gasteiger partial charge in [0, 0.05) is 24.9 Å². The van der Waals surface area contributed by atoms with Crippen LogP contribution in [0.4, 0.5) is 4.79 Å². The molecular formula is C26H30N2O5. The summed E-state index contributed by atoms with van der Waals surface area (Å²) in [5, 5.41) is 12.3. The van der Waals surface area contributed by atoms with E-state index in [0.717, 1.165) is 35.1 Å². The second-order valence-corrected chi connectivity index (χ2v) is 9.06. The van der Waals surface area contributed by atoms with Crippen LogP contribution in [-0.4, -0.2) is 53.2 Å². The number of aliphatic carboxylic acids is 1. The molecule has 1 saturated heterocycles. The Hall–Kier alpha value is -3.35. The summed E-state index contributed by atoms with van der Waals surface area (Å²) >= 11 is 0. The summed E-state index contributed by atoms with van der Waals surface area (Å²) in [6, 6.07) is 15.0. The summed E-state index contributed by atoms with van der Waals surface area (Å²) < 4.78 is 5.54. The summed E-state index contributed by atoms with van der Waals surface area (Å²) in [5.74, 6) is -1.37. The molecule has 2 N–H and O–H groups in total. The Morgan fingerprint density at radius 3 is 2.30 bits per heavy atom. The predicted octanol–water partition coefficient (Wildman–Crippen LogP) is 4.02. The van der Waals surface area contributed by atoms with Gasteiger partial charge < -0.3 is 20.1 Å². The van der Waals surface area contributed by atoms with Gasteiger partial charge in [-0.05, 0) is 47.9 Å². The van der Waals surface area contributed by atoms with Gasteiger partial charge in [0.1, 0.15) is 12.6 Å². The summed E-state index contributed by atoms with van der Waals surface area (Å²) in [6.07, 6.45) is 1.01. The second-order valence-electron chi connectivity index (χ2n) is 9.06. The number of rotatable bonds is 6. The number of carbonyl (C=O) groups excluding carboxylic acids is 2. The molecule has 2 aromatic rings. The first-order valence-electron chi connectivity index (χ1n) is 11.5. The Balaban J connectivity index is 1.33. The third kappa shape index (κ3) is 4.72. The Morgan fingerprint density at radius 2 is 1.70 bits per heavy atom. The highest BCUT2D eigenvalue weighted by atomic mass is 16.5. The SMILES string of the molecule is CC(CC(=O)N1CCCC(C)C1C(=O)O)NC(=O)OCC1c2ccccc2-c2ccccc21. The lowest BCUT2D eigenvalue weighted by atomic mass is 9.90. The molecule has 3 unspecified atom stereocenters. The monoisotopic (exact) mass is 450 g/mol. The van der Waals surface area contributed by atoms with Gasteiger partial charge in [0.05, 0.1) is 0 Å². The topological polar surface area (TPSA) is 95.9 Å². The Bertz CT molecular complexity index is 1010. The average molecular weight is 451 g/mol. The van der Waals surface area contributed by atoms with Gasteiger partial charge in [-0.3, -0.25) is 4.79 Å². The zero-order chi connectivity index (χ0) is 23.5. The van der Waals surface area contributed by atoms with Gasteiger partial charge in [0.15, 0.2) is 0 Å². The fraction of sp³-hybridized carbons (Fsp3) is 0.423. The van der Waals surface area contributed by atoms with Crippen molar-refractivity contribution in [2.75, 3.05) is 13.2 Å². The Labute approximate surface area is 193 Å². The van der Waals surface area contributed by atoms with Crippen molar-refractivity contribution in [1.29, 1.82) is 0 Å². The largest absolute Gasteiger partial charge is 0.480 e. The average Bonchev–Trinajstić information content (AvgIpc) is 3.11. The molecule has 0 saturated carbocycles. The lowest BCUT2D eigenvalue weighted by Crippen LogP contribution is -2.53. The predicted molar refractivity (Wildman–Crippen MR) is 124 cm³/mol. The number of carboxylic acid groups (broad SMARTS) is 1. The summed E-state index contributed by atoms with van der Waals surface area (Å²) in [7, 11) is 0. The Kier molecular flexibility index (Phi) is 6.67. The highest BCUT2D eigenvalue weighted by Gasteiger charge is 2.37. The highest BCUT2D eigenvalue weighted by Crippen LogP contribution is 2.44. The van der Waals surface area contributed by atoms with E-state index in [0.29, 0.717) is 6.54 Å². The van der Waals surface area contributed by atoms with E-state index in [1.807, 2.05) is 31.2 Å². The van der Waals surface area contributed by atoms with Gasteiger partial charge in [-0.1, -0.05) is 55.5 Å². The number of hydrogen-bond acceptors (Lipinski definition) is 4. The lowest BCUT2D eigenvalue weighted by molar-refractivity contribution is -0.154. The van der Waals surface area contributed by atoms with Gasteiger partial charge in [-0.15, -0.1) is 0 Å². The fourth-order valence-corrected chi connectivity index (χ4v) is 5.12. The number of amides is 2. The molecule has 7 nitrogen and oxygen atoms in total. The van der Waals surface area contributed by atoms with Crippen LogP contribution in [0.15, 0.2) is 48.5 Å². The number of nitrogens with zero attached hydrogens (tertiary/aromatic N) is 1. The number of hydrogen-bond donors (Lipinski definition) is 2. The number of benzene rings is 2. The zero-order valence-electron chi connectivity index (χ0n) is 19.0. The molecule has 4 rings (SSSR count). The van der Waals surface area contributed by atoms with Gasteiger partial charge in [0.2, 0.25) is 5.91 Å². The quantitative estimate of drug-likeness (QED) is 0.693. The molecule has 1 heterocycles. The van der Waals surface area contributed by atoms with Crippen LogP contribution in [-0.2, 0) is 14.3 Å². The van der Waals surface area contributed by atoms with Crippen molar-refractivity contribution in [2.45, 2.75) is 51.1 Å². The van der Waals surface area contributed by atoms with Crippen molar-refractivity contribution in [1.82, 2.24) is 10.2 Å². The van der Waals surface area contributed by atoms with Crippen molar-refractivity contribution in [3.63, 3.8) is 0 Å². The molecule has 0 spiro atoms. The lowest BCUT2D eigenvalue weighted by Gasteiger charge is -2.37. The van der Waals surface area contributed by atoms with E-state index in [4.69, 9.17) is 4.74 Å². The van der Waals surface area contributed by atoms with Crippen LogP contribution in [0.25, 0.3) is 11.1 Å². The maximum Gasteiger partial charge on any atom is 0.407 e. The first-order chi connectivity index (χ1) is 15.9. The maximum atomic E-state index is 12.8. The fourth-order valence-electron chi connectivity index (χ4n) is 5.12. The van der Waals surface area contributed by atoms with Crippen molar-refractivity contribution < 1.29 is 24.2 Å². The van der Waals surface area contributed by atoms with Crippen LogP contribution in [0.5, 0.6) is 0 Å². The molecule has 174 valence electrons. The molecule has 1 fully saturated rings. The van der Waals surface area contributed by atoms with Crippen LogP contribution >= 0.6 is 0 Å². The van der Waals surface area contributed by atoms with Gasteiger partial charge >= 0.3 is 12.1 Å². The summed E-state index contributed by atoms with van der Waals surface area (Å²) in [5.41, 5.74) is 4.58. The molecular weight excluding hydrogens is 420 g/mol. The van der Waals surface area contributed by atoms with Crippen molar-refractivity contribution >= 4 is 18.0 Å². The van der Waals surface area contributed by atoms with Crippen molar-refractivity contribution in [3.8, 4) is 11.1 Å². The smallest absolute Gasteiger partial charge is 0.407 e. The Morgan fingerprint density at radius 1 is 1.09 bits per heavy atom. The first-order valence-corrected chi connectivity index (χ1v) is 11.5. The number of carbonyl (C=O) groups is 3. The standard InChI is InChI=1S/C26H30N2O5/c1-16-8-7-13-28(24(16)25(30)31)23(29)14-17(2)27-26(32)33-15-22-20-11-5-3-9-18(20)19-10-4-6-12-21(19)22/h3-6,9-12,16-17,22,24H,7-8,13-15H2,1-2H3,(H,27,32)(H,30,31). The van der Waals surface area contributed by atoms with E-state index in [9.17, 15) is 19.5 Å². The molecule has 0 aromatic heterocycles. The van der Waals surface area contributed by atoms with Crippen LogP contribution in [0, 0.1) is 5.92 Å². The highest BCUT2D eigenvalue weighted by molar-refractivity contribution is 5.85. The number of nitrogens with one attached hydrogen (secondary N) is 1. The van der Waals surface area contributed by atoms with Crippen LogP contribution in [0.1, 0.15) is 50.2 Å². The van der Waals surface area contributed by atoms with E-state index in [1.54, 1.807) is 6.92 Å². The molecule has 7 heteroatoms. The normalized spacial score (nSPS) is 20.5. The van der Waals surface area contributed by atoms with Crippen LogP contribution < -0.4 is 5.32 Å². The van der Waals surface area contributed by atoms with E-state index < -0.39 is 24.1 Å². The molecule has 0 bridgehead atoms. The third-order valence-electron chi connectivity index (χ3n) is 6.70. The maximum absolute atomic E-state index is 12.8. The molecule has 2 aromatic carbocycles. The second kappa shape index (κ2) is 9.65. The van der Waals surface area contributed by atoms with Gasteiger partial charge in [0.25, 0.3) is 0 Å². The first kappa shape index (κ1) is 22.8. The van der Waals surface area contributed by atoms with Gasteiger partial charge in [-0.25, -0.2) is 9.59 Å².